The second kappa shape index (κ2) is 9.80. The number of benzene rings is 1. The molecule has 2 aromatic heterocycles. The highest BCUT2D eigenvalue weighted by molar-refractivity contribution is 7.09. The third-order valence-corrected chi connectivity index (χ3v) is 6.16. The number of carbonyl (C=O) groups is 1. The van der Waals surface area contributed by atoms with E-state index in [1.54, 1.807) is 17.5 Å². The Morgan fingerprint density at radius 2 is 1.97 bits per heavy atom. The molecule has 1 fully saturated rings. The van der Waals surface area contributed by atoms with Gasteiger partial charge in [-0.05, 0) is 31.2 Å². The number of anilines is 1. The van der Waals surface area contributed by atoms with Crippen LogP contribution in [0.25, 0.3) is 0 Å². The molecule has 0 spiro atoms. The van der Waals surface area contributed by atoms with E-state index in [2.05, 4.69) is 32.4 Å². The highest BCUT2D eigenvalue weighted by Gasteiger charge is 2.23. The lowest BCUT2D eigenvalue weighted by Gasteiger charge is -2.32. The first kappa shape index (κ1) is 19.8. The number of nitrogens with zero attached hydrogens (tertiary/aromatic N) is 4. The van der Waals surface area contributed by atoms with Crippen LogP contribution in [0, 0.1) is 0 Å². The van der Waals surface area contributed by atoms with Gasteiger partial charge in [-0.2, -0.15) is 5.10 Å². The molecule has 0 bridgehead atoms. The van der Waals surface area contributed by atoms with Crippen LogP contribution < -0.4 is 5.32 Å². The van der Waals surface area contributed by atoms with Crippen molar-refractivity contribution in [3.8, 4) is 0 Å². The number of aromatic nitrogens is 3. The maximum Gasteiger partial charge on any atom is 0.225 e. The van der Waals surface area contributed by atoms with Crippen LogP contribution in [0.2, 0.25) is 0 Å². The Kier molecular flexibility index (Phi) is 6.69. The summed E-state index contributed by atoms with van der Waals surface area (Å²) < 4.78 is 2.00. The van der Waals surface area contributed by atoms with E-state index in [-0.39, 0.29) is 5.91 Å². The van der Waals surface area contributed by atoms with Gasteiger partial charge in [0, 0.05) is 37.2 Å². The van der Waals surface area contributed by atoms with Gasteiger partial charge in [0.05, 0.1) is 18.8 Å². The highest BCUT2D eigenvalue weighted by atomic mass is 32.1. The molecule has 7 heteroatoms. The maximum atomic E-state index is 12.4. The molecular weight excluding hydrogens is 382 g/mol. The Hall–Kier alpha value is -2.51. The number of aryl methyl sites for hydroxylation is 1. The Morgan fingerprint density at radius 1 is 1.14 bits per heavy atom. The molecule has 29 heavy (non-hydrogen) atoms. The van der Waals surface area contributed by atoms with Crippen molar-refractivity contribution < 1.29 is 4.79 Å². The average molecular weight is 410 g/mol. The molecule has 0 saturated carbocycles. The maximum absolute atomic E-state index is 12.4. The number of carbonyl (C=O) groups excluding carboxylic acids is 1. The molecule has 3 heterocycles. The molecule has 4 rings (SSSR count). The van der Waals surface area contributed by atoms with Crippen LogP contribution in [0.3, 0.4) is 0 Å². The minimum atomic E-state index is 0.0592. The van der Waals surface area contributed by atoms with E-state index < -0.39 is 0 Å². The lowest BCUT2D eigenvalue weighted by atomic mass is 10.1. The largest absolute Gasteiger partial charge is 0.311 e. The van der Waals surface area contributed by atoms with Gasteiger partial charge in [0.25, 0.3) is 0 Å². The number of thiazole rings is 1. The fourth-order valence-corrected chi connectivity index (χ4v) is 4.51. The van der Waals surface area contributed by atoms with Crippen LogP contribution in [-0.4, -0.2) is 38.7 Å². The normalized spacial score (nSPS) is 15.4. The summed E-state index contributed by atoms with van der Waals surface area (Å²) in [7, 11) is 0. The number of nitrogens with one attached hydrogen (secondary N) is 1. The van der Waals surface area contributed by atoms with Crippen LogP contribution in [0.15, 0.2) is 54.2 Å². The predicted octanol–water partition coefficient (Wildman–Crippen LogP) is 4.14. The summed E-state index contributed by atoms with van der Waals surface area (Å²) in [6, 6.07) is 12.5. The van der Waals surface area contributed by atoms with Crippen molar-refractivity contribution in [1.29, 1.82) is 0 Å². The Balaban J connectivity index is 1.24. The zero-order valence-electron chi connectivity index (χ0n) is 16.5. The van der Waals surface area contributed by atoms with Gasteiger partial charge in [-0.3, -0.25) is 9.69 Å². The Morgan fingerprint density at radius 3 is 2.72 bits per heavy atom. The SMILES string of the molecule is O=C(CCCc1ccccc1)Nc1ccnn1C1CCN(Cc2nccs2)CC1. The molecule has 0 aliphatic carbocycles. The smallest absolute Gasteiger partial charge is 0.225 e. The summed E-state index contributed by atoms with van der Waals surface area (Å²) in [6.45, 7) is 2.97. The summed E-state index contributed by atoms with van der Waals surface area (Å²) in [4.78, 5) is 19.2. The van der Waals surface area contributed by atoms with Gasteiger partial charge >= 0.3 is 0 Å². The van der Waals surface area contributed by atoms with Crippen molar-refractivity contribution in [2.45, 2.75) is 44.7 Å². The van der Waals surface area contributed by atoms with Gasteiger partial charge in [0.15, 0.2) is 0 Å². The number of rotatable bonds is 8. The lowest BCUT2D eigenvalue weighted by Crippen LogP contribution is -2.35. The topological polar surface area (TPSA) is 63.1 Å². The monoisotopic (exact) mass is 409 g/mol. The minimum absolute atomic E-state index is 0.0592. The van der Waals surface area contributed by atoms with Gasteiger partial charge in [-0.15, -0.1) is 11.3 Å². The average Bonchev–Trinajstić information content (AvgIpc) is 3.42. The van der Waals surface area contributed by atoms with Crippen molar-refractivity contribution in [1.82, 2.24) is 19.7 Å². The van der Waals surface area contributed by atoms with Gasteiger partial charge < -0.3 is 5.32 Å². The standard InChI is InChI=1S/C22H27N5OS/c28-21(8-4-7-18-5-2-1-3-6-18)25-20-9-12-24-27(20)19-10-14-26(15-11-19)17-22-23-13-16-29-22/h1-3,5-6,9,12-13,16,19H,4,7-8,10-11,14-15,17H2,(H,25,28). The zero-order valence-corrected chi connectivity index (χ0v) is 17.4. The quantitative estimate of drug-likeness (QED) is 0.607. The highest BCUT2D eigenvalue weighted by Crippen LogP contribution is 2.26. The van der Waals surface area contributed by atoms with Gasteiger partial charge in [0.1, 0.15) is 10.8 Å². The Labute approximate surface area is 175 Å². The third kappa shape index (κ3) is 5.52. The number of likely N-dealkylation sites (tertiary alicyclic amines) is 1. The molecule has 1 amide bonds. The van der Waals surface area contributed by atoms with Crippen LogP contribution in [0.4, 0.5) is 5.82 Å². The minimum Gasteiger partial charge on any atom is -0.311 e. The van der Waals surface area contributed by atoms with Crippen LogP contribution >= 0.6 is 11.3 Å². The van der Waals surface area contributed by atoms with Crippen LogP contribution in [0.5, 0.6) is 0 Å². The summed E-state index contributed by atoms with van der Waals surface area (Å²) in [5.74, 6) is 0.872. The molecule has 6 nitrogen and oxygen atoms in total. The second-order valence-electron chi connectivity index (χ2n) is 7.48. The number of amides is 1. The van der Waals surface area contributed by atoms with Gasteiger partial charge in [0.2, 0.25) is 5.91 Å². The summed E-state index contributed by atoms with van der Waals surface area (Å²) >= 11 is 1.71. The molecule has 1 aliphatic heterocycles. The van der Waals surface area contributed by atoms with Crippen LogP contribution in [-0.2, 0) is 17.8 Å². The fraction of sp³-hybridized carbons (Fsp3) is 0.409. The first-order valence-corrected chi connectivity index (χ1v) is 11.1. The van der Waals surface area contributed by atoms with Crippen LogP contribution in [0.1, 0.15) is 42.3 Å². The van der Waals surface area contributed by atoms with E-state index in [1.165, 1.54) is 10.6 Å². The van der Waals surface area contributed by atoms with E-state index in [4.69, 9.17) is 0 Å². The second-order valence-corrected chi connectivity index (χ2v) is 8.46. The predicted molar refractivity (Wildman–Crippen MR) is 116 cm³/mol. The first-order valence-electron chi connectivity index (χ1n) is 10.3. The zero-order chi connectivity index (χ0) is 19.9. The lowest BCUT2D eigenvalue weighted by molar-refractivity contribution is -0.116. The molecule has 1 aromatic carbocycles. The number of hydrogen-bond donors (Lipinski definition) is 1. The van der Waals surface area contributed by atoms with E-state index in [0.29, 0.717) is 12.5 Å². The first-order chi connectivity index (χ1) is 14.3. The van der Waals surface area contributed by atoms with E-state index in [1.807, 2.05) is 40.5 Å². The van der Waals surface area contributed by atoms with E-state index in [9.17, 15) is 4.79 Å². The third-order valence-electron chi connectivity index (χ3n) is 5.40. The molecule has 0 radical (unpaired) electrons. The van der Waals surface area contributed by atoms with Crippen molar-refractivity contribution in [3.63, 3.8) is 0 Å². The van der Waals surface area contributed by atoms with Crippen molar-refractivity contribution in [2.24, 2.45) is 0 Å². The molecule has 3 aromatic rings. The summed E-state index contributed by atoms with van der Waals surface area (Å²) in [5.41, 5.74) is 1.27. The summed E-state index contributed by atoms with van der Waals surface area (Å²) in [6.07, 6.45) is 8.00. The van der Waals surface area contributed by atoms with Gasteiger partial charge in [-0.25, -0.2) is 9.67 Å². The molecule has 0 unspecified atom stereocenters. The number of hydrogen-bond acceptors (Lipinski definition) is 5. The van der Waals surface area contributed by atoms with E-state index >= 15 is 0 Å². The van der Waals surface area contributed by atoms with Crippen molar-refractivity contribution >= 4 is 23.1 Å². The van der Waals surface area contributed by atoms with Gasteiger partial charge in [-0.1, -0.05) is 30.3 Å². The molecule has 1 N–H and O–H groups in total. The molecule has 152 valence electrons. The number of piperidine rings is 1. The Bertz CT molecular complexity index is 885. The fourth-order valence-electron chi connectivity index (χ4n) is 3.85. The molecule has 0 atom stereocenters. The van der Waals surface area contributed by atoms with Crippen molar-refractivity contribution in [2.75, 3.05) is 18.4 Å². The van der Waals surface area contributed by atoms with Crippen molar-refractivity contribution in [3.05, 3.63) is 64.7 Å². The van der Waals surface area contributed by atoms with E-state index in [0.717, 1.165) is 51.1 Å². The molecular formula is C22H27N5OS. The summed E-state index contributed by atoms with van der Waals surface area (Å²) in [5, 5.41) is 10.8. The molecule has 1 saturated heterocycles. The molecule has 1 aliphatic rings.